The fourth-order valence-corrected chi connectivity index (χ4v) is 3.20. The SMILES string of the molecule is CCCCn1nc(NC(=O)c2cccc([N+](=O)[O-])c2)c2cc3ccccc3nc21. The van der Waals surface area contributed by atoms with E-state index in [2.05, 4.69) is 17.3 Å². The number of anilines is 1. The molecule has 0 saturated heterocycles. The third-order valence-electron chi connectivity index (χ3n) is 4.70. The number of unbranched alkanes of at least 4 members (excludes halogenated alkanes) is 1. The molecule has 1 N–H and O–H groups in total. The molecule has 2 aromatic carbocycles. The summed E-state index contributed by atoms with van der Waals surface area (Å²) < 4.78 is 1.80. The molecule has 0 aliphatic heterocycles. The van der Waals surface area contributed by atoms with Gasteiger partial charge in [0.15, 0.2) is 11.5 Å². The number of fused-ring (bicyclic) bond motifs is 2. The Labute approximate surface area is 166 Å². The molecule has 0 atom stereocenters. The number of carbonyl (C=O) groups is 1. The van der Waals surface area contributed by atoms with Gasteiger partial charge in [-0.2, -0.15) is 5.10 Å². The zero-order chi connectivity index (χ0) is 20.4. The highest BCUT2D eigenvalue weighted by molar-refractivity contribution is 6.09. The van der Waals surface area contributed by atoms with Crippen molar-refractivity contribution < 1.29 is 9.72 Å². The van der Waals surface area contributed by atoms with Gasteiger partial charge in [-0.25, -0.2) is 9.67 Å². The van der Waals surface area contributed by atoms with Gasteiger partial charge in [0.25, 0.3) is 11.6 Å². The van der Waals surface area contributed by atoms with Gasteiger partial charge in [-0.1, -0.05) is 37.6 Å². The van der Waals surface area contributed by atoms with E-state index in [9.17, 15) is 14.9 Å². The average molecular weight is 389 g/mol. The van der Waals surface area contributed by atoms with E-state index in [1.807, 2.05) is 30.3 Å². The number of nitrogens with zero attached hydrogens (tertiary/aromatic N) is 4. The minimum absolute atomic E-state index is 0.136. The summed E-state index contributed by atoms with van der Waals surface area (Å²) >= 11 is 0. The van der Waals surface area contributed by atoms with Crippen molar-refractivity contribution in [2.45, 2.75) is 26.3 Å². The van der Waals surface area contributed by atoms with Crippen molar-refractivity contribution in [1.82, 2.24) is 14.8 Å². The van der Waals surface area contributed by atoms with Crippen LogP contribution in [0.5, 0.6) is 0 Å². The molecule has 0 spiro atoms. The minimum Gasteiger partial charge on any atom is -0.304 e. The Hall–Kier alpha value is -3.81. The number of nitro groups is 1. The molecule has 0 radical (unpaired) electrons. The molecule has 8 nitrogen and oxygen atoms in total. The molecule has 8 heteroatoms. The van der Waals surface area contributed by atoms with Gasteiger partial charge in [-0.3, -0.25) is 14.9 Å². The van der Waals surface area contributed by atoms with Gasteiger partial charge in [0.2, 0.25) is 0 Å². The molecule has 1 amide bonds. The summed E-state index contributed by atoms with van der Waals surface area (Å²) in [6.07, 6.45) is 1.94. The molecule has 0 aliphatic rings. The summed E-state index contributed by atoms with van der Waals surface area (Å²) in [7, 11) is 0. The van der Waals surface area contributed by atoms with E-state index >= 15 is 0 Å². The number of para-hydroxylation sites is 1. The number of nitrogens with one attached hydrogen (secondary N) is 1. The summed E-state index contributed by atoms with van der Waals surface area (Å²) in [6.45, 7) is 2.78. The first-order valence-corrected chi connectivity index (χ1v) is 9.39. The number of amides is 1. The first-order chi connectivity index (χ1) is 14.1. The van der Waals surface area contributed by atoms with E-state index in [1.54, 1.807) is 4.68 Å². The summed E-state index contributed by atoms with van der Waals surface area (Å²) in [5, 5.41) is 20.0. The van der Waals surface area contributed by atoms with Crippen LogP contribution in [0.4, 0.5) is 11.5 Å². The van der Waals surface area contributed by atoms with Crippen LogP contribution in [-0.2, 0) is 6.54 Å². The number of hydrogen-bond donors (Lipinski definition) is 1. The van der Waals surface area contributed by atoms with Crippen LogP contribution < -0.4 is 5.32 Å². The Kier molecular flexibility index (Phi) is 4.90. The van der Waals surface area contributed by atoms with Crippen molar-refractivity contribution in [1.29, 1.82) is 0 Å². The zero-order valence-corrected chi connectivity index (χ0v) is 15.8. The van der Waals surface area contributed by atoms with Crippen LogP contribution in [-0.4, -0.2) is 25.6 Å². The second-order valence-electron chi connectivity index (χ2n) is 6.74. The number of aromatic nitrogens is 3. The number of nitro benzene ring substituents is 1. The third-order valence-corrected chi connectivity index (χ3v) is 4.70. The van der Waals surface area contributed by atoms with Crippen molar-refractivity contribution in [3.8, 4) is 0 Å². The maximum absolute atomic E-state index is 12.7. The molecule has 0 saturated carbocycles. The number of hydrogen-bond acceptors (Lipinski definition) is 5. The van der Waals surface area contributed by atoms with Gasteiger partial charge in [0.05, 0.1) is 15.8 Å². The number of carbonyl (C=O) groups excluding carboxylic acids is 1. The van der Waals surface area contributed by atoms with Crippen molar-refractivity contribution >= 4 is 39.3 Å². The Morgan fingerprint density at radius 1 is 1.17 bits per heavy atom. The highest BCUT2D eigenvalue weighted by Gasteiger charge is 2.17. The van der Waals surface area contributed by atoms with Crippen LogP contribution in [0.2, 0.25) is 0 Å². The highest BCUT2D eigenvalue weighted by atomic mass is 16.6. The van der Waals surface area contributed by atoms with Crippen LogP contribution in [0, 0.1) is 10.1 Å². The third kappa shape index (κ3) is 3.64. The molecule has 4 rings (SSSR count). The largest absolute Gasteiger partial charge is 0.304 e. The number of pyridine rings is 1. The molecule has 0 aliphatic carbocycles. The van der Waals surface area contributed by atoms with Crippen LogP contribution in [0.3, 0.4) is 0 Å². The van der Waals surface area contributed by atoms with Gasteiger partial charge < -0.3 is 5.32 Å². The van der Waals surface area contributed by atoms with Crippen molar-refractivity contribution in [2.75, 3.05) is 5.32 Å². The first-order valence-electron chi connectivity index (χ1n) is 9.39. The van der Waals surface area contributed by atoms with E-state index in [0.29, 0.717) is 18.0 Å². The molecule has 146 valence electrons. The molecule has 0 bridgehead atoms. The standard InChI is InChI=1S/C21H19N5O3/c1-2-3-11-25-20-17(13-14-7-4-5-10-18(14)22-20)19(24-25)23-21(27)15-8-6-9-16(12-15)26(28)29/h4-10,12-13H,2-3,11H2,1H3,(H,23,24,27). The number of benzene rings is 2. The molecule has 2 aromatic heterocycles. The van der Waals surface area contributed by atoms with Crippen molar-refractivity contribution in [3.05, 3.63) is 70.3 Å². The summed E-state index contributed by atoms with van der Waals surface area (Å²) in [5.74, 6) is -0.0604. The molecule has 29 heavy (non-hydrogen) atoms. The molecular weight excluding hydrogens is 370 g/mol. The smallest absolute Gasteiger partial charge is 0.270 e. The predicted octanol–water partition coefficient (Wildman–Crippen LogP) is 4.55. The van der Waals surface area contributed by atoms with E-state index in [1.165, 1.54) is 24.3 Å². The molecule has 4 aromatic rings. The van der Waals surface area contributed by atoms with Gasteiger partial charge in [-0.05, 0) is 24.6 Å². The lowest BCUT2D eigenvalue weighted by molar-refractivity contribution is -0.384. The summed E-state index contributed by atoms with van der Waals surface area (Å²) in [4.78, 5) is 27.9. The van der Waals surface area contributed by atoms with E-state index in [4.69, 9.17) is 4.98 Å². The molecule has 0 unspecified atom stereocenters. The Balaban J connectivity index is 1.76. The molecule has 2 heterocycles. The van der Waals surface area contributed by atoms with Gasteiger partial charge in [-0.15, -0.1) is 0 Å². The van der Waals surface area contributed by atoms with Crippen molar-refractivity contribution in [2.24, 2.45) is 0 Å². The predicted molar refractivity (Wildman–Crippen MR) is 111 cm³/mol. The fraction of sp³-hybridized carbons (Fsp3) is 0.190. The Morgan fingerprint density at radius 3 is 2.79 bits per heavy atom. The Morgan fingerprint density at radius 2 is 2.00 bits per heavy atom. The average Bonchev–Trinajstić information content (AvgIpc) is 3.07. The van der Waals surface area contributed by atoms with Gasteiger partial charge in [0.1, 0.15) is 0 Å². The van der Waals surface area contributed by atoms with Crippen molar-refractivity contribution in [3.63, 3.8) is 0 Å². The highest BCUT2D eigenvalue weighted by Crippen LogP contribution is 2.27. The normalized spacial score (nSPS) is 11.1. The fourth-order valence-electron chi connectivity index (χ4n) is 3.20. The second kappa shape index (κ2) is 7.67. The lowest BCUT2D eigenvalue weighted by atomic mass is 10.1. The van der Waals surface area contributed by atoms with E-state index in [0.717, 1.165) is 29.1 Å². The lowest BCUT2D eigenvalue weighted by Gasteiger charge is -2.03. The van der Waals surface area contributed by atoms with E-state index < -0.39 is 10.8 Å². The molecular formula is C21H19N5O3. The zero-order valence-electron chi connectivity index (χ0n) is 15.8. The lowest BCUT2D eigenvalue weighted by Crippen LogP contribution is -2.13. The number of aryl methyl sites for hydroxylation is 1. The second-order valence-corrected chi connectivity index (χ2v) is 6.74. The quantitative estimate of drug-likeness (QED) is 0.385. The molecule has 0 fully saturated rings. The van der Waals surface area contributed by atoms with Crippen LogP contribution in [0.1, 0.15) is 30.1 Å². The monoisotopic (exact) mass is 389 g/mol. The number of non-ortho nitro benzene ring substituents is 1. The maximum atomic E-state index is 12.7. The Bertz CT molecular complexity index is 1230. The summed E-state index contributed by atoms with van der Waals surface area (Å²) in [5.41, 5.74) is 1.62. The minimum atomic E-state index is -0.526. The van der Waals surface area contributed by atoms with Gasteiger partial charge in [0, 0.05) is 29.6 Å². The van der Waals surface area contributed by atoms with Gasteiger partial charge >= 0.3 is 0 Å². The van der Waals surface area contributed by atoms with Crippen LogP contribution in [0.25, 0.3) is 21.9 Å². The van der Waals surface area contributed by atoms with Crippen LogP contribution >= 0.6 is 0 Å². The maximum Gasteiger partial charge on any atom is 0.270 e. The van der Waals surface area contributed by atoms with E-state index in [-0.39, 0.29) is 11.3 Å². The van der Waals surface area contributed by atoms with Crippen LogP contribution in [0.15, 0.2) is 54.6 Å². The number of rotatable bonds is 6. The topological polar surface area (TPSA) is 103 Å². The summed E-state index contributed by atoms with van der Waals surface area (Å²) in [6, 6.07) is 15.3. The first kappa shape index (κ1) is 18.5.